The van der Waals surface area contributed by atoms with Gasteiger partial charge in [-0.05, 0) is 32.4 Å². The minimum absolute atomic E-state index is 0.811. The van der Waals surface area contributed by atoms with E-state index in [1.54, 1.807) is 6.08 Å². The number of aromatic nitrogens is 2. The lowest BCUT2D eigenvalue weighted by Crippen LogP contribution is -1.91. The van der Waals surface area contributed by atoms with E-state index in [-0.39, 0.29) is 0 Å². The predicted octanol–water partition coefficient (Wildman–Crippen LogP) is 5.27. The lowest BCUT2D eigenvalue weighted by Gasteiger charge is -2.00. The Morgan fingerprint density at radius 2 is 1.74 bits per heavy atom. The fraction of sp³-hybridized carbons (Fsp3) is 0.294. The molecule has 2 nitrogen and oxygen atoms in total. The molecule has 1 aromatic heterocycles. The molecule has 0 bridgehead atoms. The zero-order valence-corrected chi connectivity index (χ0v) is 12.6. The van der Waals surface area contributed by atoms with Gasteiger partial charge < -0.3 is 0 Å². The van der Waals surface area contributed by atoms with Gasteiger partial charge in [-0.3, -0.25) is 0 Å². The van der Waals surface area contributed by atoms with Crippen LogP contribution in [0.2, 0.25) is 0 Å². The van der Waals surface area contributed by atoms with Gasteiger partial charge in [-0.2, -0.15) is 0 Å². The lowest BCUT2D eigenvalue weighted by atomic mass is 10.2. The zero-order chi connectivity index (χ0) is 14.7. The lowest BCUT2D eigenvalue weighted by molar-refractivity contribution is 1.16. The number of fused-ring (bicyclic) bond motifs is 1. The maximum absolute atomic E-state index is 4.47. The third-order valence-electron chi connectivity index (χ3n) is 2.27. The molecule has 0 unspecified atom stereocenters. The Bertz CT molecular complexity index is 528. The first-order chi connectivity index (χ1) is 9.22. The van der Waals surface area contributed by atoms with Crippen molar-refractivity contribution in [3.63, 3.8) is 0 Å². The summed E-state index contributed by atoms with van der Waals surface area (Å²) in [6.07, 6.45) is 5.63. The molecule has 19 heavy (non-hydrogen) atoms. The maximum Gasteiger partial charge on any atom is 0.155 e. The molecule has 0 saturated heterocycles. The van der Waals surface area contributed by atoms with Crippen LogP contribution >= 0.6 is 0 Å². The summed E-state index contributed by atoms with van der Waals surface area (Å²) in [7, 11) is 0. The molecule has 1 heterocycles. The summed E-state index contributed by atoms with van der Waals surface area (Å²) in [5.41, 5.74) is 2.11. The summed E-state index contributed by atoms with van der Waals surface area (Å²) in [6, 6.07) is 8.01. The Morgan fingerprint density at radius 1 is 1.16 bits per heavy atom. The second kappa shape index (κ2) is 10.0. The largest absolute Gasteiger partial charge is 0.236 e. The zero-order valence-electron chi connectivity index (χ0n) is 12.6. The number of rotatable bonds is 1. The molecule has 0 saturated carbocycles. The minimum atomic E-state index is 0.811. The molecule has 0 amide bonds. The van der Waals surface area contributed by atoms with E-state index in [4.69, 9.17) is 0 Å². The van der Waals surface area contributed by atoms with Gasteiger partial charge in [-0.15, -0.1) is 6.58 Å². The highest BCUT2D eigenvalue weighted by atomic mass is 14.9. The van der Waals surface area contributed by atoms with Crippen LogP contribution in [0.25, 0.3) is 16.5 Å². The highest BCUT2D eigenvalue weighted by Gasteiger charge is 1.99. The maximum atomic E-state index is 4.47. The predicted molar refractivity (Wildman–Crippen MR) is 86.1 cm³/mol. The van der Waals surface area contributed by atoms with E-state index >= 15 is 0 Å². The Morgan fingerprint density at radius 3 is 2.32 bits per heavy atom. The number of nitrogens with zero attached hydrogens (tertiary/aromatic N) is 2. The third kappa shape index (κ3) is 5.47. The van der Waals surface area contributed by atoms with Crippen molar-refractivity contribution in [2.24, 2.45) is 0 Å². The molecule has 0 atom stereocenters. The van der Waals surface area contributed by atoms with Crippen LogP contribution in [0.5, 0.6) is 0 Å². The molecule has 0 spiro atoms. The molecule has 0 aliphatic heterocycles. The quantitative estimate of drug-likeness (QED) is 0.649. The van der Waals surface area contributed by atoms with E-state index in [0.29, 0.717) is 0 Å². The summed E-state index contributed by atoms with van der Waals surface area (Å²) in [5, 5.41) is 1.08. The van der Waals surface area contributed by atoms with Crippen LogP contribution in [-0.4, -0.2) is 9.97 Å². The van der Waals surface area contributed by atoms with Crippen molar-refractivity contribution in [2.45, 2.75) is 34.6 Å². The van der Waals surface area contributed by atoms with Crippen molar-refractivity contribution < 1.29 is 0 Å². The molecule has 1 aromatic carbocycles. The summed E-state index contributed by atoms with van der Waals surface area (Å²) in [4.78, 5) is 8.76. The number of hydrogen-bond acceptors (Lipinski definition) is 2. The number of hydrogen-bond donors (Lipinski definition) is 0. The van der Waals surface area contributed by atoms with E-state index in [0.717, 1.165) is 22.3 Å². The van der Waals surface area contributed by atoms with Gasteiger partial charge in [0.15, 0.2) is 5.82 Å². The summed E-state index contributed by atoms with van der Waals surface area (Å²) < 4.78 is 0. The van der Waals surface area contributed by atoms with Crippen molar-refractivity contribution in [3.05, 3.63) is 55.0 Å². The second-order valence-corrected chi connectivity index (χ2v) is 3.63. The van der Waals surface area contributed by atoms with E-state index < -0.39 is 0 Å². The van der Waals surface area contributed by atoms with E-state index in [2.05, 4.69) is 16.5 Å². The Hall–Kier alpha value is -1.96. The van der Waals surface area contributed by atoms with Crippen LogP contribution in [0, 0.1) is 0 Å². The minimum Gasteiger partial charge on any atom is -0.236 e. The average molecular weight is 256 g/mol. The average Bonchev–Trinajstić information content (AvgIpc) is 2.49. The molecule has 2 aromatic rings. The van der Waals surface area contributed by atoms with Gasteiger partial charge in [0.05, 0.1) is 5.52 Å². The monoisotopic (exact) mass is 256 g/mol. The first-order valence-electron chi connectivity index (χ1n) is 6.65. The molecule has 2 heteroatoms. The van der Waals surface area contributed by atoms with Gasteiger partial charge in [0, 0.05) is 11.6 Å². The molecule has 2 rings (SSSR count). The van der Waals surface area contributed by atoms with Gasteiger partial charge in [0.2, 0.25) is 0 Å². The first kappa shape index (κ1) is 17.0. The molecule has 0 N–H and O–H groups in total. The molecular weight excluding hydrogens is 232 g/mol. The Balaban J connectivity index is 0.000000573. The summed E-state index contributed by atoms with van der Waals surface area (Å²) in [5.74, 6) is 0.811. The van der Waals surface area contributed by atoms with Crippen LogP contribution in [0.4, 0.5) is 0 Å². The van der Waals surface area contributed by atoms with E-state index in [9.17, 15) is 0 Å². The fourth-order valence-electron chi connectivity index (χ4n) is 1.29. The SMILES string of the molecule is C/C=C(\C)c1ncc2ccccc2n1.C=CC.CC. The Labute approximate surface area is 116 Å². The molecular formula is C17H24N2. The van der Waals surface area contributed by atoms with Crippen LogP contribution in [-0.2, 0) is 0 Å². The van der Waals surface area contributed by atoms with Crippen molar-refractivity contribution in [1.29, 1.82) is 0 Å². The molecule has 0 aliphatic carbocycles. The van der Waals surface area contributed by atoms with Crippen LogP contribution in [0.15, 0.2) is 49.2 Å². The number of para-hydroxylation sites is 1. The van der Waals surface area contributed by atoms with E-state index in [1.807, 2.05) is 71.2 Å². The van der Waals surface area contributed by atoms with Gasteiger partial charge in [0.1, 0.15) is 0 Å². The second-order valence-electron chi connectivity index (χ2n) is 3.63. The first-order valence-corrected chi connectivity index (χ1v) is 6.65. The van der Waals surface area contributed by atoms with Crippen molar-refractivity contribution in [3.8, 4) is 0 Å². The summed E-state index contributed by atoms with van der Waals surface area (Å²) >= 11 is 0. The van der Waals surface area contributed by atoms with Crippen LogP contribution < -0.4 is 0 Å². The Kier molecular flexibility index (Phi) is 8.98. The molecule has 0 radical (unpaired) electrons. The van der Waals surface area contributed by atoms with Crippen molar-refractivity contribution in [1.82, 2.24) is 9.97 Å². The topological polar surface area (TPSA) is 25.8 Å². The highest BCUT2D eigenvalue weighted by Crippen LogP contribution is 2.13. The third-order valence-corrected chi connectivity index (χ3v) is 2.27. The van der Waals surface area contributed by atoms with Gasteiger partial charge in [-0.25, -0.2) is 9.97 Å². The van der Waals surface area contributed by atoms with Crippen molar-refractivity contribution >= 4 is 16.5 Å². The molecule has 102 valence electrons. The summed E-state index contributed by atoms with van der Waals surface area (Å²) in [6.45, 7) is 13.3. The van der Waals surface area contributed by atoms with Crippen LogP contribution in [0.3, 0.4) is 0 Å². The normalized spacial score (nSPS) is 9.84. The van der Waals surface area contributed by atoms with Crippen molar-refractivity contribution in [2.75, 3.05) is 0 Å². The highest BCUT2D eigenvalue weighted by molar-refractivity contribution is 5.78. The molecule has 0 aliphatic rings. The standard InChI is InChI=1S/C12H12N2.C3H6.C2H6/c1-3-9(2)12-13-8-10-6-4-5-7-11(10)14-12;1-3-2;1-2/h3-8H,1-2H3;3H,1H2,2H3;1-2H3/b9-3+;;. The van der Waals surface area contributed by atoms with Gasteiger partial charge in [0.25, 0.3) is 0 Å². The van der Waals surface area contributed by atoms with E-state index in [1.165, 1.54) is 0 Å². The van der Waals surface area contributed by atoms with Crippen LogP contribution in [0.1, 0.15) is 40.4 Å². The fourth-order valence-corrected chi connectivity index (χ4v) is 1.29. The molecule has 0 fully saturated rings. The van der Waals surface area contributed by atoms with Gasteiger partial charge in [-0.1, -0.05) is 44.2 Å². The smallest absolute Gasteiger partial charge is 0.155 e. The number of allylic oxidation sites excluding steroid dienone is 3. The number of benzene rings is 1. The van der Waals surface area contributed by atoms with Gasteiger partial charge >= 0.3 is 0 Å².